The summed E-state index contributed by atoms with van der Waals surface area (Å²) >= 11 is 0. The van der Waals surface area contributed by atoms with Crippen molar-refractivity contribution in [3.05, 3.63) is 42.2 Å². The second-order valence-electron chi connectivity index (χ2n) is 5.16. The molecule has 1 atom stereocenters. The minimum atomic E-state index is -0.575. The van der Waals surface area contributed by atoms with E-state index < -0.39 is 6.10 Å². The molecule has 2 aromatic heterocycles. The molecule has 7 heteroatoms. The number of nitrogens with zero attached hydrogens (tertiary/aromatic N) is 4. The molecular formula is C14H17N5O2. The number of hydrogen-bond donors (Lipinski definition) is 2. The summed E-state index contributed by atoms with van der Waals surface area (Å²) < 4.78 is 0. The lowest BCUT2D eigenvalue weighted by Crippen LogP contribution is -2.40. The first-order chi connectivity index (χ1) is 10.3. The van der Waals surface area contributed by atoms with Gasteiger partial charge in [-0.1, -0.05) is 6.07 Å². The number of piperidine rings is 1. The van der Waals surface area contributed by atoms with Gasteiger partial charge in [0.25, 0.3) is 5.91 Å². The highest BCUT2D eigenvalue weighted by Crippen LogP contribution is 2.29. The van der Waals surface area contributed by atoms with Crippen molar-refractivity contribution in [2.45, 2.75) is 18.9 Å². The maximum absolute atomic E-state index is 12.1. The number of hydrogen-bond acceptors (Lipinski definition) is 5. The highest BCUT2D eigenvalue weighted by Gasteiger charge is 2.29. The van der Waals surface area contributed by atoms with Crippen molar-refractivity contribution in [3.8, 4) is 0 Å². The molecule has 1 fully saturated rings. The minimum absolute atomic E-state index is 0.124. The largest absolute Gasteiger partial charge is 0.387 e. The number of nitrogens with one attached hydrogen (secondary N) is 1. The van der Waals surface area contributed by atoms with Crippen molar-refractivity contribution in [3.63, 3.8) is 0 Å². The third-order valence-electron chi connectivity index (χ3n) is 3.88. The molecule has 1 amide bonds. The molecule has 0 bridgehead atoms. The second-order valence-corrected chi connectivity index (χ2v) is 5.16. The summed E-state index contributed by atoms with van der Waals surface area (Å²) in [5, 5.41) is 16.6. The minimum Gasteiger partial charge on any atom is -0.387 e. The van der Waals surface area contributed by atoms with E-state index >= 15 is 0 Å². The van der Waals surface area contributed by atoms with E-state index in [1.54, 1.807) is 11.1 Å². The first-order valence-corrected chi connectivity index (χ1v) is 6.99. The van der Waals surface area contributed by atoms with Gasteiger partial charge in [0.1, 0.15) is 6.33 Å². The van der Waals surface area contributed by atoms with Gasteiger partial charge in [0.05, 0.1) is 11.8 Å². The topological polar surface area (TPSA) is 95.0 Å². The molecule has 21 heavy (non-hydrogen) atoms. The summed E-state index contributed by atoms with van der Waals surface area (Å²) in [6.45, 7) is 1.21. The summed E-state index contributed by atoms with van der Waals surface area (Å²) in [4.78, 5) is 21.9. The molecule has 2 N–H and O–H groups in total. The van der Waals surface area contributed by atoms with Gasteiger partial charge in [0.2, 0.25) is 5.82 Å². The Morgan fingerprint density at radius 3 is 2.76 bits per heavy atom. The van der Waals surface area contributed by atoms with E-state index in [2.05, 4.69) is 20.2 Å². The Morgan fingerprint density at radius 2 is 2.14 bits per heavy atom. The molecule has 3 heterocycles. The quantitative estimate of drug-likeness (QED) is 0.870. The van der Waals surface area contributed by atoms with Gasteiger partial charge in [-0.15, -0.1) is 0 Å². The number of rotatable bonds is 3. The SMILES string of the molecule is O=C(c1ncn[nH]1)N1CCC(C(O)c2ccccn2)CC1. The Kier molecular flexibility index (Phi) is 3.92. The molecule has 2 aromatic rings. The Hall–Kier alpha value is -2.28. The van der Waals surface area contributed by atoms with Gasteiger partial charge < -0.3 is 10.0 Å². The number of aliphatic hydroxyl groups is 1. The number of H-pyrrole nitrogens is 1. The van der Waals surface area contributed by atoms with Gasteiger partial charge in [0.15, 0.2) is 0 Å². The summed E-state index contributed by atoms with van der Waals surface area (Å²) in [5.74, 6) is 0.246. The maximum Gasteiger partial charge on any atom is 0.291 e. The van der Waals surface area contributed by atoms with Gasteiger partial charge in [-0.05, 0) is 30.9 Å². The number of aromatic nitrogens is 4. The first-order valence-electron chi connectivity index (χ1n) is 6.99. The molecule has 1 saturated heterocycles. The highest BCUT2D eigenvalue weighted by molar-refractivity contribution is 5.90. The number of aromatic amines is 1. The summed E-state index contributed by atoms with van der Waals surface area (Å²) in [5.41, 5.74) is 0.692. The van der Waals surface area contributed by atoms with E-state index in [0.29, 0.717) is 18.8 Å². The molecule has 1 aliphatic rings. The fraction of sp³-hybridized carbons (Fsp3) is 0.429. The average Bonchev–Trinajstić information content (AvgIpc) is 3.09. The Labute approximate surface area is 122 Å². The zero-order chi connectivity index (χ0) is 14.7. The van der Waals surface area contributed by atoms with Crippen LogP contribution in [0.2, 0.25) is 0 Å². The zero-order valence-corrected chi connectivity index (χ0v) is 11.5. The van der Waals surface area contributed by atoms with Crippen LogP contribution in [-0.2, 0) is 0 Å². The first kappa shape index (κ1) is 13.7. The summed E-state index contributed by atoms with van der Waals surface area (Å²) in [7, 11) is 0. The van der Waals surface area contributed by atoms with Gasteiger partial charge in [-0.25, -0.2) is 4.98 Å². The number of aliphatic hydroxyl groups excluding tert-OH is 1. The van der Waals surface area contributed by atoms with Crippen LogP contribution in [0.15, 0.2) is 30.7 Å². The van der Waals surface area contributed by atoms with Crippen LogP contribution in [0.25, 0.3) is 0 Å². The van der Waals surface area contributed by atoms with E-state index in [1.165, 1.54) is 6.33 Å². The molecule has 0 aromatic carbocycles. The van der Waals surface area contributed by atoms with Gasteiger partial charge in [-0.3, -0.25) is 14.9 Å². The van der Waals surface area contributed by atoms with Crippen LogP contribution in [0.5, 0.6) is 0 Å². The smallest absolute Gasteiger partial charge is 0.291 e. The Morgan fingerprint density at radius 1 is 1.33 bits per heavy atom. The molecule has 7 nitrogen and oxygen atoms in total. The van der Waals surface area contributed by atoms with Crippen LogP contribution in [0, 0.1) is 5.92 Å². The normalized spacial score (nSPS) is 17.7. The van der Waals surface area contributed by atoms with Crippen LogP contribution in [0.3, 0.4) is 0 Å². The van der Waals surface area contributed by atoms with Crippen molar-refractivity contribution < 1.29 is 9.90 Å². The van der Waals surface area contributed by atoms with Gasteiger partial charge in [-0.2, -0.15) is 5.10 Å². The van der Waals surface area contributed by atoms with Crippen molar-refractivity contribution >= 4 is 5.91 Å². The van der Waals surface area contributed by atoms with Crippen molar-refractivity contribution in [2.24, 2.45) is 5.92 Å². The van der Waals surface area contributed by atoms with E-state index in [-0.39, 0.29) is 17.6 Å². The molecule has 1 aliphatic heterocycles. The van der Waals surface area contributed by atoms with Crippen LogP contribution >= 0.6 is 0 Å². The number of amides is 1. The maximum atomic E-state index is 12.1. The predicted molar refractivity (Wildman–Crippen MR) is 74.2 cm³/mol. The van der Waals surface area contributed by atoms with Crippen LogP contribution in [-0.4, -0.2) is 49.2 Å². The van der Waals surface area contributed by atoms with E-state index in [4.69, 9.17) is 0 Å². The molecule has 0 radical (unpaired) electrons. The number of pyridine rings is 1. The number of likely N-dealkylation sites (tertiary alicyclic amines) is 1. The molecule has 0 aliphatic carbocycles. The predicted octanol–water partition coefficient (Wildman–Crippen LogP) is 0.786. The summed E-state index contributed by atoms with van der Waals surface area (Å²) in [6, 6.07) is 5.53. The third kappa shape index (κ3) is 2.92. The van der Waals surface area contributed by atoms with Crippen LogP contribution in [0.1, 0.15) is 35.3 Å². The molecule has 0 saturated carbocycles. The number of carbonyl (C=O) groups excluding carboxylic acids is 1. The number of carbonyl (C=O) groups is 1. The fourth-order valence-electron chi connectivity index (χ4n) is 2.67. The van der Waals surface area contributed by atoms with Crippen molar-refractivity contribution in [1.29, 1.82) is 0 Å². The lowest BCUT2D eigenvalue weighted by molar-refractivity contribution is 0.0440. The van der Waals surface area contributed by atoms with Crippen molar-refractivity contribution in [1.82, 2.24) is 25.1 Å². The Balaban J connectivity index is 1.59. The molecular weight excluding hydrogens is 270 g/mol. The monoisotopic (exact) mass is 287 g/mol. The lowest BCUT2D eigenvalue weighted by atomic mass is 9.89. The molecule has 3 rings (SSSR count). The van der Waals surface area contributed by atoms with E-state index in [1.807, 2.05) is 18.2 Å². The van der Waals surface area contributed by atoms with E-state index in [9.17, 15) is 9.90 Å². The highest BCUT2D eigenvalue weighted by atomic mass is 16.3. The zero-order valence-electron chi connectivity index (χ0n) is 11.5. The van der Waals surface area contributed by atoms with Gasteiger partial charge in [0, 0.05) is 19.3 Å². The summed E-state index contributed by atoms with van der Waals surface area (Å²) in [6.07, 6.45) is 3.93. The van der Waals surface area contributed by atoms with Gasteiger partial charge >= 0.3 is 0 Å². The van der Waals surface area contributed by atoms with Crippen LogP contribution in [0.4, 0.5) is 0 Å². The van der Waals surface area contributed by atoms with Crippen LogP contribution < -0.4 is 0 Å². The second kappa shape index (κ2) is 6.01. The third-order valence-corrected chi connectivity index (χ3v) is 3.88. The average molecular weight is 287 g/mol. The lowest BCUT2D eigenvalue weighted by Gasteiger charge is -2.33. The molecule has 1 unspecified atom stereocenters. The molecule has 110 valence electrons. The van der Waals surface area contributed by atoms with Crippen molar-refractivity contribution in [2.75, 3.05) is 13.1 Å². The molecule has 0 spiro atoms. The standard InChI is InChI=1S/C14H17N5O2/c20-12(11-3-1-2-6-15-11)10-4-7-19(8-5-10)14(21)13-16-9-17-18-13/h1-3,6,9-10,12,20H,4-5,7-8H2,(H,16,17,18). The Bertz CT molecular complexity index is 579. The van der Waals surface area contributed by atoms with E-state index in [0.717, 1.165) is 12.8 Å². The fourth-order valence-corrected chi connectivity index (χ4v) is 2.67.